The standard InChI is InChI=1S/C6H5N5O5S/c12-6-8(1-2-9(6)11(15)16)5-7-3-4(17-5)10(13)14/h3H,1-2H2. The Morgan fingerprint density at radius 2 is 2.06 bits per heavy atom. The smallest absolute Gasteiger partial charge is 0.263 e. The third kappa shape index (κ3) is 1.87. The molecule has 1 aliphatic heterocycles. The van der Waals surface area contributed by atoms with E-state index in [-0.39, 0.29) is 23.2 Å². The second-order valence-electron chi connectivity index (χ2n) is 3.03. The molecule has 0 unspecified atom stereocenters. The third-order valence-electron chi connectivity index (χ3n) is 2.08. The summed E-state index contributed by atoms with van der Waals surface area (Å²) in [7, 11) is 0. The predicted molar refractivity (Wildman–Crippen MR) is 55.2 cm³/mol. The minimum Gasteiger partial charge on any atom is -0.263 e. The Balaban J connectivity index is 2.21. The summed E-state index contributed by atoms with van der Waals surface area (Å²) in [5.41, 5.74) is 0. The van der Waals surface area contributed by atoms with Crippen LogP contribution in [0, 0.1) is 20.2 Å². The lowest BCUT2D eigenvalue weighted by Gasteiger charge is -2.08. The first-order chi connectivity index (χ1) is 8.00. The lowest BCUT2D eigenvalue weighted by atomic mass is 10.6. The van der Waals surface area contributed by atoms with Crippen LogP contribution in [-0.4, -0.2) is 39.1 Å². The Bertz CT molecular complexity index is 501. The molecule has 0 aromatic carbocycles. The third-order valence-corrected chi connectivity index (χ3v) is 3.05. The minimum atomic E-state index is -0.834. The highest BCUT2D eigenvalue weighted by molar-refractivity contribution is 7.18. The van der Waals surface area contributed by atoms with Crippen molar-refractivity contribution in [3.8, 4) is 0 Å². The second-order valence-corrected chi connectivity index (χ2v) is 4.02. The molecule has 0 spiro atoms. The first-order valence-electron chi connectivity index (χ1n) is 4.34. The van der Waals surface area contributed by atoms with E-state index in [4.69, 9.17) is 0 Å². The summed E-state index contributed by atoms with van der Waals surface area (Å²) < 4.78 is 0. The average Bonchev–Trinajstić information content (AvgIpc) is 2.82. The molecular formula is C6H5N5O5S. The van der Waals surface area contributed by atoms with Crippen LogP contribution in [0.15, 0.2) is 6.20 Å². The summed E-state index contributed by atoms with van der Waals surface area (Å²) in [6.07, 6.45) is 1.02. The summed E-state index contributed by atoms with van der Waals surface area (Å²) in [6, 6.07) is -0.834. The van der Waals surface area contributed by atoms with Gasteiger partial charge in [-0.1, -0.05) is 0 Å². The first kappa shape index (κ1) is 11.2. The summed E-state index contributed by atoms with van der Waals surface area (Å²) in [5.74, 6) is 0. The highest BCUT2D eigenvalue weighted by Gasteiger charge is 2.39. The molecule has 0 N–H and O–H groups in total. The molecular weight excluding hydrogens is 254 g/mol. The molecule has 11 heteroatoms. The first-order valence-corrected chi connectivity index (χ1v) is 5.16. The van der Waals surface area contributed by atoms with Crippen LogP contribution in [0.3, 0.4) is 0 Å². The van der Waals surface area contributed by atoms with Crippen LogP contribution in [0.5, 0.6) is 0 Å². The lowest BCUT2D eigenvalue weighted by molar-refractivity contribution is -0.628. The van der Waals surface area contributed by atoms with Gasteiger partial charge in [-0.3, -0.25) is 15.0 Å². The maximum Gasteiger partial charge on any atom is 0.384 e. The SMILES string of the molecule is O=C1N(c2ncc([N+](=O)[O-])s2)CCN1[N+](=O)[O-]. The molecule has 1 aromatic heterocycles. The number of hydrazine groups is 1. The van der Waals surface area contributed by atoms with Gasteiger partial charge in [0.2, 0.25) is 0 Å². The van der Waals surface area contributed by atoms with E-state index >= 15 is 0 Å². The Morgan fingerprint density at radius 1 is 1.35 bits per heavy atom. The molecule has 0 aliphatic carbocycles. The van der Waals surface area contributed by atoms with E-state index in [0.29, 0.717) is 16.3 Å². The molecule has 1 aliphatic rings. The monoisotopic (exact) mass is 259 g/mol. The highest BCUT2D eigenvalue weighted by Crippen LogP contribution is 2.30. The van der Waals surface area contributed by atoms with Crippen molar-refractivity contribution in [3.05, 3.63) is 26.4 Å². The Labute approximate surface area is 97.3 Å². The van der Waals surface area contributed by atoms with Gasteiger partial charge in [-0.05, 0) is 16.3 Å². The minimum absolute atomic E-state index is 0.0702. The van der Waals surface area contributed by atoms with Gasteiger partial charge in [0.05, 0.1) is 11.5 Å². The van der Waals surface area contributed by atoms with Crippen molar-refractivity contribution in [2.45, 2.75) is 0 Å². The van der Waals surface area contributed by atoms with E-state index in [1.807, 2.05) is 0 Å². The highest BCUT2D eigenvalue weighted by atomic mass is 32.1. The molecule has 0 radical (unpaired) electrons. The van der Waals surface area contributed by atoms with Gasteiger partial charge < -0.3 is 0 Å². The zero-order chi connectivity index (χ0) is 12.6. The number of carbonyl (C=O) groups is 1. The van der Waals surface area contributed by atoms with Gasteiger partial charge in [-0.15, -0.1) is 0 Å². The summed E-state index contributed by atoms with van der Waals surface area (Å²) in [6.45, 7) is 0.0176. The number of aromatic nitrogens is 1. The molecule has 1 saturated heterocycles. The number of nitrogens with zero attached hydrogens (tertiary/aromatic N) is 5. The fourth-order valence-corrected chi connectivity index (χ4v) is 2.07. The normalized spacial score (nSPS) is 15.4. The maximum atomic E-state index is 11.5. The van der Waals surface area contributed by atoms with Crippen molar-refractivity contribution in [2.75, 3.05) is 18.0 Å². The van der Waals surface area contributed by atoms with Crippen molar-refractivity contribution in [1.29, 1.82) is 0 Å². The quantitative estimate of drug-likeness (QED) is 0.574. The Morgan fingerprint density at radius 3 is 2.53 bits per heavy atom. The van der Waals surface area contributed by atoms with E-state index in [0.717, 1.165) is 11.1 Å². The zero-order valence-corrected chi connectivity index (χ0v) is 8.99. The van der Waals surface area contributed by atoms with Crippen LogP contribution in [0.25, 0.3) is 0 Å². The molecule has 0 atom stereocenters. The number of hydrogen-bond donors (Lipinski definition) is 0. The summed E-state index contributed by atoms with van der Waals surface area (Å²) in [4.78, 5) is 36.5. The van der Waals surface area contributed by atoms with E-state index < -0.39 is 16.0 Å². The van der Waals surface area contributed by atoms with Crippen molar-refractivity contribution in [2.24, 2.45) is 0 Å². The van der Waals surface area contributed by atoms with Crippen molar-refractivity contribution < 1.29 is 14.8 Å². The number of amides is 2. The fraction of sp³-hybridized carbons (Fsp3) is 0.333. The maximum absolute atomic E-state index is 11.5. The number of rotatable bonds is 3. The van der Waals surface area contributed by atoms with Crippen LogP contribution in [0.4, 0.5) is 14.9 Å². The van der Waals surface area contributed by atoms with Crippen LogP contribution in [0.1, 0.15) is 0 Å². The fourth-order valence-electron chi connectivity index (χ4n) is 1.32. The van der Waals surface area contributed by atoms with Gasteiger partial charge in [-0.2, -0.15) is 0 Å². The van der Waals surface area contributed by atoms with Crippen LogP contribution < -0.4 is 4.90 Å². The largest absolute Gasteiger partial charge is 0.384 e. The molecule has 90 valence electrons. The van der Waals surface area contributed by atoms with E-state index in [9.17, 15) is 25.0 Å². The van der Waals surface area contributed by atoms with Crippen molar-refractivity contribution in [3.63, 3.8) is 0 Å². The molecule has 2 rings (SSSR count). The van der Waals surface area contributed by atoms with Gasteiger partial charge in [0.1, 0.15) is 12.7 Å². The molecule has 2 amide bonds. The van der Waals surface area contributed by atoms with Crippen molar-refractivity contribution >= 4 is 27.5 Å². The molecule has 0 bridgehead atoms. The number of hydrogen-bond acceptors (Lipinski definition) is 7. The molecule has 17 heavy (non-hydrogen) atoms. The van der Waals surface area contributed by atoms with Crippen LogP contribution in [-0.2, 0) is 0 Å². The average molecular weight is 259 g/mol. The predicted octanol–water partition coefficient (Wildman–Crippen LogP) is 0.485. The molecule has 1 fully saturated rings. The van der Waals surface area contributed by atoms with E-state index in [1.165, 1.54) is 0 Å². The number of thiazole rings is 1. The van der Waals surface area contributed by atoms with Gasteiger partial charge in [0.15, 0.2) is 10.2 Å². The molecule has 0 saturated carbocycles. The number of nitro groups is 2. The zero-order valence-electron chi connectivity index (χ0n) is 8.18. The van der Waals surface area contributed by atoms with Crippen LogP contribution in [0.2, 0.25) is 0 Å². The summed E-state index contributed by atoms with van der Waals surface area (Å²) >= 11 is 0.701. The number of carbonyl (C=O) groups excluding carboxylic acids is 1. The molecule has 2 heterocycles. The van der Waals surface area contributed by atoms with E-state index in [1.54, 1.807) is 0 Å². The topological polar surface area (TPSA) is 123 Å². The summed E-state index contributed by atoms with van der Waals surface area (Å²) in [5, 5.41) is 20.4. The number of urea groups is 1. The van der Waals surface area contributed by atoms with E-state index in [2.05, 4.69) is 4.98 Å². The van der Waals surface area contributed by atoms with Gasteiger partial charge in [0, 0.05) is 0 Å². The van der Waals surface area contributed by atoms with Gasteiger partial charge in [-0.25, -0.2) is 19.9 Å². The van der Waals surface area contributed by atoms with Crippen LogP contribution >= 0.6 is 11.3 Å². The Kier molecular flexibility index (Phi) is 2.59. The van der Waals surface area contributed by atoms with Gasteiger partial charge >= 0.3 is 11.0 Å². The van der Waals surface area contributed by atoms with Crippen molar-refractivity contribution in [1.82, 2.24) is 9.99 Å². The molecule has 1 aromatic rings. The van der Waals surface area contributed by atoms with Gasteiger partial charge in [0.25, 0.3) is 0 Å². The number of anilines is 1. The molecule has 10 nitrogen and oxygen atoms in total. The lowest BCUT2D eigenvalue weighted by Crippen LogP contribution is -2.35. The Hall–Kier alpha value is -2.30. The second kappa shape index (κ2) is 3.93.